The molecule has 3 atom stereocenters. The van der Waals surface area contributed by atoms with Gasteiger partial charge in [-0.3, -0.25) is 13.8 Å². The van der Waals surface area contributed by atoms with E-state index in [2.05, 4.69) is 55.6 Å². The predicted molar refractivity (Wildman–Crippen MR) is 300 cm³/mol. The minimum Gasteiger partial charge on any atom is -0.387 e. The van der Waals surface area contributed by atoms with Gasteiger partial charge in [-0.2, -0.15) is 0 Å². The summed E-state index contributed by atoms with van der Waals surface area (Å²) in [6, 6.07) is -0.868. The number of nitrogens with one attached hydrogen (secondary N) is 1. The molecule has 0 aromatic heterocycles. The van der Waals surface area contributed by atoms with Gasteiger partial charge in [0.05, 0.1) is 39.9 Å². The Bertz CT molecular complexity index is 1260. The second kappa shape index (κ2) is 51.4. The number of unbranched alkanes of at least 4 members (excludes halogenated alkanes) is 35. The Morgan fingerprint density at radius 1 is 0.478 bits per heavy atom. The first-order chi connectivity index (χ1) is 33.5. The predicted octanol–water partition coefficient (Wildman–Crippen LogP) is 17.9. The summed E-state index contributed by atoms with van der Waals surface area (Å²) in [5.41, 5.74) is 0. The van der Waals surface area contributed by atoms with E-state index in [9.17, 15) is 19.4 Å². The lowest BCUT2D eigenvalue weighted by Gasteiger charge is -2.25. The van der Waals surface area contributed by atoms with Crippen molar-refractivity contribution in [2.75, 3.05) is 40.9 Å². The van der Waals surface area contributed by atoms with Crippen molar-refractivity contribution in [3.8, 4) is 0 Å². The molecule has 3 N–H and O–H groups in total. The average Bonchev–Trinajstić information content (AvgIpc) is 3.31. The van der Waals surface area contributed by atoms with E-state index in [0.717, 1.165) is 51.4 Å². The molecule has 3 unspecified atom stereocenters. The summed E-state index contributed by atoms with van der Waals surface area (Å²) >= 11 is 0. The van der Waals surface area contributed by atoms with Crippen LogP contribution in [0.1, 0.15) is 277 Å². The molecular formula is C60H116N2O6P+. The number of phosphoric ester groups is 1. The number of quaternary nitrogens is 1. The number of hydrogen-bond donors (Lipinski definition) is 3. The monoisotopic (exact) mass is 992 g/mol. The maximum absolute atomic E-state index is 12.9. The van der Waals surface area contributed by atoms with E-state index in [-0.39, 0.29) is 19.1 Å². The zero-order valence-electron chi connectivity index (χ0n) is 46.3. The summed E-state index contributed by atoms with van der Waals surface area (Å²) in [5, 5.41) is 13.8. The normalized spacial score (nSPS) is 14.2. The zero-order valence-corrected chi connectivity index (χ0v) is 47.2. The van der Waals surface area contributed by atoms with Crippen molar-refractivity contribution < 1.29 is 32.9 Å². The summed E-state index contributed by atoms with van der Waals surface area (Å²) in [6.07, 6.45) is 68.2. The van der Waals surface area contributed by atoms with Gasteiger partial charge < -0.3 is 19.8 Å². The van der Waals surface area contributed by atoms with Crippen LogP contribution in [0.2, 0.25) is 0 Å². The van der Waals surface area contributed by atoms with Crippen molar-refractivity contribution in [1.82, 2.24) is 5.32 Å². The van der Waals surface area contributed by atoms with Crippen LogP contribution in [-0.4, -0.2) is 73.4 Å². The van der Waals surface area contributed by atoms with Crippen LogP contribution in [0.5, 0.6) is 0 Å². The zero-order chi connectivity index (χ0) is 50.6. The summed E-state index contributed by atoms with van der Waals surface area (Å²) in [4.78, 5) is 23.2. The second-order valence-corrected chi connectivity index (χ2v) is 22.8. The Labute approximate surface area is 429 Å². The van der Waals surface area contributed by atoms with Crippen molar-refractivity contribution in [3.63, 3.8) is 0 Å². The number of carbonyl (C=O) groups excluding carboxylic acids is 1. The number of carbonyl (C=O) groups is 1. The number of rotatable bonds is 54. The van der Waals surface area contributed by atoms with Crippen LogP contribution in [-0.2, 0) is 18.4 Å². The molecule has 0 saturated carbocycles. The number of likely N-dealkylation sites (N-methyl/N-ethyl adjacent to an activating group) is 1. The lowest BCUT2D eigenvalue weighted by atomic mass is 10.0. The number of amides is 1. The van der Waals surface area contributed by atoms with Gasteiger partial charge in [-0.15, -0.1) is 0 Å². The molecule has 0 aliphatic carbocycles. The number of nitrogens with zero attached hydrogens (tertiary/aromatic N) is 1. The summed E-state index contributed by atoms with van der Waals surface area (Å²) in [5.74, 6) is -0.189. The molecule has 69 heavy (non-hydrogen) atoms. The van der Waals surface area contributed by atoms with Gasteiger partial charge in [-0.05, 0) is 64.2 Å². The summed E-state index contributed by atoms with van der Waals surface area (Å²) in [6.45, 7) is 4.75. The smallest absolute Gasteiger partial charge is 0.387 e. The number of aliphatic hydroxyl groups is 1. The van der Waals surface area contributed by atoms with Gasteiger partial charge in [0.25, 0.3) is 0 Å². The van der Waals surface area contributed by atoms with E-state index in [4.69, 9.17) is 9.05 Å². The standard InChI is InChI=1S/C60H115N2O6P/c1-6-8-10-12-14-16-18-20-21-22-23-24-25-26-27-28-29-30-31-32-33-34-35-36-37-38-39-40-41-42-44-46-48-50-52-54-60(64)61-58(57-68-69(65,66)67-56-55-62(3,4)5)59(63)53-51-49-47-45-43-19-17-15-13-11-9-7-2/h13,15,22-23,43,45,51,53,58-59,63H,6-12,14,16-21,24-42,44,46-50,52,54-57H2,1-5H3,(H-,61,64,65,66)/p+1/b15-13+,23-22-,45-43+,53-51+. The highest BCUT2D eigenvalue weighted by molar-refractivity contribution is 7.47. The molecule has 8 nitrogen and oxygen atoms in total. The first-order valence-corrected chi connectivity index (χ1v) is 31.0. The highest BCUT2D eigenvalue weighted by Gasteiger charge is 2.27. The minimum atomic E-state index is -4.35. The van der Waals surface area contributed by atoms with Crippen LogP contribution in [0.25, 0.3) is 0 Å². The van der Waals surface area contributed by atoms with E-state index in [1.54, 1.807) is 6.08 Å². The Morgan fingerprint density at radius 2 is 0.812 bits per heavy atom. The first-order valence-electron chi connectivity index (χ1n) is 29.5. The van der Waals surface area contributed by atoms with Gasteiger partial charge in [-0.25, -0.2) is 4.57 Å². The molecule has 0 spiro atoms. The number of allylic oxidation sites excluding steroid dienone is 7. The third-order valence-electron chi connectivity index (χ3n) is 13.2. The Balaban J connectivity index is 3.94. The molecule has 0 fully saturated rings. The number of aliphatic hydroxyl groups excluding tert-OH is 1. The Morgan fingerprint density at radius 3 is 1.20 bits per heavy atom. The Hall–Kier alpha value is -1.54. The van der Waals surface area contributed by atoms with E-state index in [0.29, 0.717) is 17.4 Å². The third-order valence-corrected chi connectivity index (χ3v) is 14.2. The third kappa shape index (κ3) is 54.1. The van der Waals surface area contributed by atoms with E-state index < -0.39 is 20.0 Å². The lowest BCUT2D eigenvalue weighted by molar-refractivity contribution is -0.870. The average molecular weight is 993 g/mol. The molecule has 0 aromatic rings. The Kier molecular flexibility index (Phi) is 50.2. The fraction of sp³-hybridized carbons (Fsp3) is 0.850. The topological polar surface area (TPSA) is 105 Å². The van der Waals surface area contributed by atoms with Crippen LogP contribution in [0.4, 0.5) is 0 Å². The molecular weight excluding hydrogens is 876 g/mol. The number of phosphoric acid groups is 1. The van der Waals surface area contributed by atoms with Crippen molar-refractivity contribution in [2.45, 2.75) is 289 Å². The van der Waals surface area contributed by atoms with Crippen LogP contribution < -0.4 is 5.32 Å². The van der Waals surface area contributed by atoms with Crippen molar-refractivity contribution in [2.24, 2.45) is 0 Å². The SMILES string of the molecule is CCCC/C=C/CC/C=C/CC/C=C/C(O)C(COP(=O)(O)OCC[N+](C)(C)C)NC(=O)CCCCCCCCCCCCCCCCCCCCCCCCC/C=C\CCCCCCCCCC. The van der Waals surface area contributed by atoms with Crippen LogP contribution >= 0.6 is 7.82 Å². The molecule has 1 amide bonds. The maximum atomic E-state index is 12.9. The second-order valence-electron chi connectivity index (χ2n) is 21.3. The van der Waals surface area contributed by atoms with E-state index in [1.807, 2.05) is 27.2 Å². The van der Waals surface area contributed by atoms with Crippen molar-refractivity contribution in [1.29, 1.82) is 0 Å². The molecule has 0 saturated heterocycles. The molecule has 0 aliphatic rings. The largest absolute Gasteiger partial charge is 0.472 e. The number of hydrogen-bond acceptors (Lipinski definition) is 5. The van der Waals surface area contributed by atoms with E-state index >= 15 is 0 Å². The van der Waals surface area contributed by atoms with Gasteiger partial charge in [0, 0.05) is 6.42 Å². The fourth-order valence-electron chi connectivity index (χ4n) is 8.59. The molecule has 0 bridgehead atoms. The fourth-order valence-corrected chi connectivity index (χ4v) is 9.32. The highest BCUT2D eigenvalue weighted by Crippen LogP contribution is 2.43. The molecule has 0 aliphatic heterocycles. The van der Waals surface area contributed by atoms with Gasteiger partial charge in [0.15, 0.2) is 0 Å². The van der Waals surface area contributed by atoms with Crippen molar-refractivity contribution in [3.05, 3.63) is 48.6 Å². The molecule has 0 radical (unpaired) electrons. The molecule has 0 aromatic carbocycles. The van der Waals surface area contributed by atoms with Crippen LogP contribution in [0, 0.1) is 0 Å². The van der Waals surface area contributed by atoms with Crippen LogP contribution in [0.15, 0.2) is 48.6 Å². The quantitative estimate of drug-likeness (QED) is 0.0243. The molecule has 406 valence electrons. The van der Waals surface area contributed by atoms with Crippen molar-refractivity contribution >= 4 is 13.7 Å². The first kappa shape index (κ1) is 67.5. The minimum absolute atomic E-state index is 0.0539. The van der Waals surface area contributed by atoms with Gasteiger partial charge in [0.2, 0.25) is 5.91 Å². The summed E-state index contributed by atoms with van der Waals surface area (Å²) < 4.78 is 23.6. The summed E-state index contributed by atoms with van der Waals surface area (Å²) in [7, 11) is 1.55. The molecule has 0 rings (SSSR count). The lowest BCUT2D eigenvalue weighted by Crippen LogP contribution is -2.45. The highest BCUT2D eigenvalue weighted by atomic mass is 31.2. The van der Waals surface area contributed by atoms with Crippen LogP contribution in [0.3, 0.4) is 0 Å². The maximum Gasteiger partial charge on any atom is 0.472 e. The van der Waals surface area contributed by atoms with Gasteiger partial charge in [0.1, 0.15) is 13.2 Å². The molecule has 9 heteroatoms. The van der Waals surface area contributed by atoms with E-state index in [1.165, 1.54) is 205 Å². The van der Waals surface area contributed by atoms with Gasteiger partial charge in [-0.1, -0.05) is 255 Å². The van der Waals surface area contributed by atoms with Gasteiger partial charge >= 0.3 is 7.82 Å². The molecule has 0 heterocycles.